The summed E-state index contributed by atoms with van der Waals surface area (Å²) in [4.78, 5) is 13.8. The van der Waals surface area contributed by atoms with E-state index in [4.69, 9.17) is 9.47 Å². The first-order valence-corrected chi connectivity index (χ1v) is 14.1. The molecule has 0 spiro atoms. The standard InChI is InChI=1S/C29H37N5O4/c1-29-8-3-4-21(29)19-11-22(20-10-16(37-2)5-6-17(20)18(19)7-9-29)33-27-26-28(31-14-30-27)34(15-32-26)25-12-23(36)24(13-35)38-25/h5-6,10,14-15,18-19,21-25,35-36H,3-4,7-9,11-13H2,1-2H3,(H,30,31,33)/t18-,19-,21+,22-,23+,24-,25-,29+/m1/s1. The molecule has 3 heterocycles. The monoisotopic (exact) mass is 519 g/mol. The molecule has 3 fully saturated rings. The Hall–Kier alpha value is -2.75. The molecular formula is C29H37N5O4. The van der Waals surface area contributed by atoms with Crippen LogP contribution in [0.4, 0.5) is 5.82 Å². The average Bonchev–Trinajstić information content (AvgIpc) is 3.64. The van der Waals surface area contributed by atoms with Crippen LogP contribution in [-0.4, -0.2) is 55.7 Å². The number of aliphatic hydroxyl groups excluding tert-OH is 2. The van der Waals surface area contributed by atoms with E-state index in [2.05, 4.69) is 45.4 Å². The van der Waals surface area contributed by atoms with Crippen molar-refractivity contribution in [2.75, 3.05) is 19.0 Å². The van der Waals surface area contributed by atoms with Crippen molar-refractivity contribution in [3.63, 3.8) is 0 Å². The zero-order chi connectivity index (χ0) is 26.0. The predicted octanol–water partition coefficient (Wildman–Crippen LogP) is 4.33. The maximum Gasteiger partial charge on any atom is 0.167 e. The highest BCUT2D eigenvalue weighted by Gasteiger charge is 2.51. The third-order valence-electron chi connectivity index (χ3n) is 10.2. The van der Waals surface area contributed by atoms with Crippen LogP contribution < -0.4 is 10.1 Å². The second-order valence-electron chi connectivity index (χ2n) is 12.1. The van der Waals surface area contributed by atoms with Gasteiger partial charge in [-0.1, -0.05) is 19.4 Å². The Labute approximate surface area is 222 Å². The Kier molecular flexibility index (Phi) is 5.87. The lowest BCUT2D eigenvalue weighted by Gasteiger charge is -2.51. The Morgan fingerprint density at radius 3 is 2.87 bits per heavy atom. The minimum atomic E-state index is -0.722. The van der Waals surface area contributed by atoms with Gasteiger partial charge in [-0.05, 0) is 78.5 Å². The molecule has 0 bridgehead atoms. The lowest BCUT2D eigenvalue weighted by molar-refractivity contribution is -0.0432. The van der Waals surface area contributed by atoms with Crippen LogP contribution in [-0.2, 0) is 4.74 Å². The van der Waals surface area contributed by atoms with Crippen molar-refractivity contribution in [2.45, 2.75) is 82.3 Å². The number of benzene rings is 1. The van der Waals surface area contributed by atoms with Crippen molar-refractivity contribution in [3.05, 3.63) is 42.0 Å². The van der Waals surface area contributed by atoms with E-state index in [1.807, 2.05) is 4.57 Å². The van der Waals surface area contributed by atoms with E-state index >= 15 is 0 Å². The summed E-state index contributed by atoms with van der Waals surface area (Å²) in [6, 6.07) is 6.70. The molecule has 1 aliphatic heterocycles. The van der Waals surface area contributed by atoms with Gasteiger partial charge in [0.15, 0.2) is 17.0 Å². The van der Waals surface area contributed by atoms with Gasteiger partial charge in [0.05, 0.1) is 32.2 Å². The fraction of sp³-hybridized carbons (Fsp3) is 0.621. The molecule has 202 valence electrons. The molecule has 2 aromatic heterocycles. The minimum Gasteiger partial charge on any atom is -0.497 e. The van der Waals surface area contributed by atoms with Crippen molar-refractivity contribution in [1.82, 2.24) is 19.5 Å². The summed E-state index contributed by atoms with van der Waals surface area (Å²) in [6.45, 7) is 2.30. The number of methoxy groups -OCH3 is 1. The van der Waals surface area contributed by atoms with Gasteiger partial charge in [-0.25, -0.2) is 15.0 Å². The summed E-state index contributed by atoms with van der Waals surface area (Å²) in [7, 11) is 1.73. The minimum absolute atomic E-state index is 0.0934. The molecule has 9 heteroatoms. The number of nitrogens with one attached hydrogen (secondary N) is 1. The quantitative estimate of drug-likeness (QED) is 0.456. The summed E-state index contributed by atoms with van der Waals surface area (Å²) in [5.74, 6) is 3.58. The number of rotatable bonds is 5. The molecule has 0 amide bonds. The first-order valence-electron chi connectivity index (χ1n) is 14.1. The van der Waals surface area contributed by atoms with E-state index < -0.39 is 18.4 Å². The van der Waals surface area contributed by atoms with Crippen molar-refractivity contribution < 1.29 is 19.7 Å². The van der Waals surface area contributed by atoms with E-state index in [0.717, 1.165) is 18.1 Å². The van der Waals surface area contributed by atoms with E-state index in [9.17, 15) is 10.2 Å². The van der Waals surface area contributed by atoms with Gasteiger partial charge in [0.2, 0.25) is 0 Å². The summed E-state index contributed by atoms with van der Waals surface area (Å²) >= 11 is 0. The highest BCUT2D eigenvalue weighted by molar-refractivity contribution is 5.83. The molecule has 3 aliphatic carbocycles. The molecule has 0 unspecified atom stereocenters. The van der Waals surface area contributed by atoms with Crippen molar-refractivity contribution in [3.8, 4) is 5.75 Å². The second kappa shape index (κ2) is 9.17. The van der Waals surface area contributed by atoms with Gasteiger partial charge in [-0.15, -0.1) is 0 Å². The van der Waals surface area contributed by atoms with Crippen molar-refractivity contribution in [1.29, 1.82) is 0 Å². The number of imidazole rings is 1. The van der Waals surface area contributed by atoms with Crippen LogP contribution in [0.15, 0.2) is 30.9 Å². The van der Waals surface area contributed by atoms with Gasteiger partial charge < -0.3 is 25.0 Å². The zero-order valence-corrected chi connectivity index (χ0v) is 22.1. The summed E-state index contributed by atoms with van der Waals surface area (Å²) < 4.78 is 13.3. The van der Waals surface area contributed by atoms with Crippen LogP contribution in [0.1, 0.15) is 81.2 Å². The third-order valence-corrected chi connectivity index (χ3v) is 10.2. The number of ether oxygens (including phenoxy) is 2. The molecule has 8 atom stereocenters. The third kappa shape index (κ3) is 3.73. The number of nitrogens with zero attached hydrogens (tertiary/aromatic N) is 4. The van der Waals surface area contributed by atoms with Crippen LogP contribution in [0.25, 0.3) is 11.2 Å². The van der Waals surface area contributed by atoms with Crippen LogP contribution in [0.5, 0.6) is 5.75 Å². The summed E-state index contributed by atoms with van der Waals surface area (Å²) in [6.07, 6.45) is 9.55. The van der Waals surface area contributed by atoms with Gasteiger partial charge in [0, 0.05) is 6.42 Å². The molecule has 1 saturated heterocycles. The second-order valence-corrected chi connectivity index (χ2v) is 12.1. The molecule has 1 aromatic carbocycles. The van der Waals surface area contributed by atoms with E-state index in [1.165, 1.54) is 43.2 Å². The van der Waals surface area contributed by atoms with E-state index in [0.29, 0.717) is 40.7 Å². The SMILES string of the molecule is COc1ccc2c(c1)[C@H](Nc1ncnc3c1ncn3[C@H]1C[C@H](O)[C@@H](CO)O1)C[C@@H]1[C@@H]2CC[C@]2(C)CCC[C@@H]12. The fourth-order valence-corrected chi connectivity index (χ4v) is 8.23. The number of hydrogen-bond acceptors (Lipinski definition) is 8. The Morgan fingerprint density at radius 1 is 1.16 bits per heavy atom. The number of fused-ring (bicyclic) bond motifs is 6. The molecule has 0 radical (unpaired) electrons. The molecule has 9 nitrogen and oxygen atoms in total. The lowest BCUT2D eigenvalue weighted by Crippen LogP contribution is -2.41. The molecular weight excluding hydrogens is 482 g/mol. The predicted molar refractivity (Wildman–Crippen MR) is 142 cm³/mol. The van der Waals surface area contributed by atoms with Gasteiger partial charge in [0.25, 0.3) is 0 Å². The van der Waals surface area contributed by atoms with Gasteiger partial charge in [-0.2, -0.15) is 0 Å². The Balaban J connectivity index is 1.24. The zero-order valence-electron chi connectivity index (χ0n) is 22.1. The maximum absolute atomic E-state index is 10.2. The number of aliphatic hydroxyl groups is 2. The van der Waals surface area contributed by atoms with Crippen LogP contribution in [0.3, 0.4) is 0 Å². The number of aromatic nitrogens is 4. The Bertz CT molecular complexity index is 1350. The first kappa shape index (κ1) is 24.3. The maximum atomic E-state index is 10.2. The molecule has 3 N–H and O–H groups in total. The van der Waals surface area contributed by atoms with Gasteiger partial charge in [-0.3, -0.25) is 4.57 Å². The van der Waals surface area contributed by atoms with Crippen LogP contribution >= 0.6 is 0 Å². The lowest BCUT2D eigenvalue weighted by atomic mass is 9.55. The van der Waals surface area contributed by atoms with E-state index in [1.54, 1.807) is 19.8 Å². The van der Waals surface area contributed by atoms with Crippen molar-refractivity contribution >= 4 is 17.0 Å². The number of anilines is 1. The Morgan fingerprint density at radius 2 is 2.05 bits per heavy atom. The molecule has 3 aromatic rings. The summed E-state index contributed by atoms with van der Waals surface area (Å²) in [5.41, 5.74) is 4.55. The fourth-order valence-electron chi connectivity index (χ4n) is 8.23. The normalized spacial score (nSPS) is 36.1. The van der Waals surface area contributed by atoms with Crippen LogP contribution in [0.2, 0.25) is 0 Å². The van der Waals surface area contributed by atoms with Gasteiger partial charge >= 0.3 is 0 Å². The number of hydrogen-bond donors (Lipinski definition) is 3. The van der Waals surface area contributed by atoms with E-state index in [-0.39, 0.29) is 12.6 Å². The highest BCUT2D eigenvalue weighted by atomic mass is 16.5. The molecule has 4 aliphatic rings. The molecule has 2 saturated carbocycles. The smallest absolute Gasteiger partial charge is 0.167 e. The first-order chi connectivity index (χ1) is 18.5. The largest absolute Gasteiger partial charge is 0.497 e. The van der Waals surface area contributed by atoms with Crippen LogP contribution in [0, 0.1) is 17.3 Å². The molecule has 38 heavy (non-hydrogen) atoms. The average molecular weight is 520 g/mol. The highest BCUT2D eigenvalue weighted by Crippen LogP contribution is 2.62. The van der Waals surface area contributed by atoms with Gasteiger partial charge in [0.1, 0.15) is 24.4 Å². The summed E-state index contributed by atoms with van der Waals surface area (Å²) in [5, 5.41) is 23.5. The molecule has 7 rings (SSSR count). The topological polar surface area (TPSA) is 115 Å². The van der Waals surface area contributed by atoms with Crippen molar-refractivity contribution in [2.24, 2.45) is 17.3 Å².